The van der Waals surface area contributed by atoms with E-state index in [4.69, 9.17) is 4.74 Å². The number of rotatable bonds is 1. The third-order valence-electron chi connectivity index (χ3n) is 6.99. The molecular formula is C23H43NO. The molecule has 2 heteroatoms. The Kier molecular flexibility index (Phi) is 5.91. The van der Waals surface area contributed by atoms with Gasteiger partial charge in [-0.2, -0.15) is 0 Å². The van der Waals surface area contributed by atoms with Gasteiger partial charge < -0.3 is 10.1 Å². The van der Waals surface area contributed by atoms with Crippen molar-refractivity contribution in [1.82, 2.24) is 5.32 Å². The lowest BCUT2D eigenvalue weighted by Crippen LogP contribution is -2.39. The third kappa shape index (κ3) is 5.70. The van der Waals surface area contributed by atoms with Crippen LogP contribution >= 0.6 is 0 Å². The monoisotopic (exact) mass is 349 g/mol. The van der Waals surface area contributed by atoms with Crippen molar-refractivity contribution in [3.63, 3.8) is 0 Å². The lowest BCUT2D eigenvalue weighted by Gasteiger charge is -2.37. The fourth-order valence-corrected chi connectivity index (χ4v) is 5.77. The van der Waals surface area contributed by atoms with Crippen LogP contribution < -0.4 is 5.32 Å². The van der Waals surface area contributed by atoms with Crippen LogP contribution in [-0.4, -0.2) is 24.3 Å². The van der Waals surface area contributed by atoms with Crippen molar-refractivity contribution < 1.29 is 4.74 Å². The summed E-state index contributed by atoms with van der Waals surface area (Å²) in [5, 5.41) is 3.71. The van der Waals surface area contributed by atoms with Crippen molar-refractivity contribution in [3.05, 3.63) is 0 Å². The minimum absolute atomic E-state index is 0.491. The molecule has 0 saturated carbocycles. The number of hydrogen-bond acceptors (Lipinski definition) is 2. The van der Waals surface area contributed by atoms with Crippen LogP contribution in [0.1, 0.15) is 99.3 Å². The molecule has 4 bridgehead atoms. The summed E-state index contributed by atoms with van der Waals surface area (Å²) in [4.78, 5) is 0. The summed E-state index contributed by atoms with van der Waals surface area (Å²) in [5.74, 6) is 1.89. The maximum Gasteiger partial charge on any atom is 0.0582 e. The first kappa shape index (κ1) is 19.7. The molecule has 146 valence electrons. The Bertz CT molecular complexity index is 408. The Hall–Kier alpha value is -0.0800. The summed E-state index contributed by atoms with van der Waals surface area (Å²) < 4.78 is 5.82. The molecule has 0 aromatic rings. The number of hydrogen-bond donors (Lipinski definition) is 1. The Morgan fingerprint density at radius 3 is 1.72 bits per heavy atom. The number of piperidine rings is 1. The molecule has 0 aromatic heterocycles. The van der Waals surface area contributed by atoms with E-state index in [0.717, 1.165) is 23.9 Å². The van der Waals surface area contributed by atoms with Gasteiger partial charge in [-0.25, -0.2) is 0 Å². The highest BCUT2D eigenvalue weighted by atomic mass is 16.5. The Balaban J connectivity index is 0.000000146. The average molecular weight is 350 g/mol. The molecule has 4 fully saturated rings. The lowest BCUT2D eigenvalue weighted by atomic mass is 9.75. The standard InChI is InChI=1S/C12H23N.C11H20O/c1-12(2,3)8-9-6-10-4-5-11(7-9)13-10;1-11(2,3)8-6-9-4-5-10(7-8)12-9/h9-11,13H,4-8H2,1-3H3;8-10H,4-7H2,1-3H3. The summed E-state index contributed by atoms with van der Waals surface area (Å²) in [6.07, 6.45) is 13.6. The summed E-state index contributed by atoms with van der Waals surface area (Å²) in [6.45, 7) is 14.2. The molecule has 0 radical (unpaired) electrons. The molecule has 4 aliphatic rings. The van der Waals surface area contributed by atoms with Crippen LogP contribution in [-0.2, 0) is 4.74 Å². The predicted molar refractivity (Wildman–Crippen MR) is 107 cm³/mol. The third-order valence-corrected chi connectivity index (χ3v) is 6.99. The molecule has 4 aliphatic heterocycles. The van der Waals surface area contributed by atoms with E-state index in [2.05, 4.69) is 46.9 Å². The molecule has 0 spiro atoms. The first-order chi connectivity index (χ1) is 11.6. The first-order valence-corrected chi connectivity index (χ1v) is 11.0. The van der Waals surface area contributed by atoms with Crippen molar-refractivity contribution in [1.29, 1.82) is 0 Å². The van der Waals surface area contributed by atoms with Crippen molar-refractivity contribution in [3.8, 4) is 0 Å². The van der Waals surface area contributed by atoms with Gasteiger partial charge in [-0.15, -0.1) is 0 Å². The summed E-state index contributed by atoms with van der Waals surface area (Å²) >= 11 is 0. The molecule has 2 nitrogen and oxygen atoms in total. The normalized spacial score (nSPS) is 40.6. The number of nitrogens with one attached hydrogen (secondary N) is 1. The van der Waals surface area contributed by atoms with E-state index >= 15 is 0 Å². The Morgan fingerprint density at radius 2 is 1.28 bits per heavy atom. The minimum atomic E-state index is 0.491. The lowest BCUT2D eigenvalue weighted by molar-refractivity contribution is -0.0443. The van der Waals surface area contributed by atoms with Crippen molar-refractivity contribution in [2.75, 3.05) is 0 Å². The molecule has 0 aliphatic carbocycles. The maximum atomic E-state index is 5.82. The van der Waals surface area contributed by atoms with Crippen LogP contribution in [0.15, 0.2) is 0 Å². The second-order valence-corrected chi connectivity index (χ2v) is 11.7. The zero-order valence-corrected chi connectivity index (χ0v) is 17.7. The van der Waals surface area contributed by atoms with E-state index in [1.807, 2.05) is 0 Å². The Labute approximate surface area is 156 Å². The highest BCUT2D eigenvalue weighted by molar-refractivity contribution is 4.93. The molecule has 4 rings (SSSR count). The van der Waals surface area contributed by atoms with Gasteiger partial charge in [0.25, 0.3) is 0 Å². The van der Waals surface area contributed by atoms with Gasteiger partial charge in [0.2, 0.25) is 0 Å². The molecule has 0 amide bonds. The van der Waals surface area contributed by atoms with E-state index in [-0.39, 0.29) is 0 Å². The van der Waals surface area contributed by atoms with Gasteiger partial charge in [-0.3, -0.25) is 0 Å². The smallest absolute Gasteiger partial charge is 0.0582 e. The van der Waals surface area contributed by atoms with E-state index in [1.54, 1.807) is 0 Å². The SMILES string of the molecule is CC(C)(C)C1CC2CCC(C1)O2.CC(C)(C)CC1CC2CCC(C1)N2. The van der Waals surface area contributed by atoms with Crippen LogP contribution in [0.5, 0.6) is 0 Å². The molecule has 4 saturated heterocycles. The zero-order chi connectivity index (χ0) is 18.2. The van der Waals surface area contributed by atoms with E-state index < -0.39 is 0 Å². The second-order valence-electron chi connectivity index (χ2n) is 11.7. The number of ether oxygens (including phenoxy) is 1. The molecule has 1 N–H and O–H groups in total. The molecule has 25 heavy (non-hydrogen) atoms. The summed E-state index contributed by atoms with van der Waals surface area (Å²) in [5.41, 5.74) is 1.02. The minimum Gasteiger partial charge on any atom is -0.375 e. The average Bonchev–Trinajstić information content (AvgIpc) is 2.98. The van der Waals surface area contributed by atoms with Crippen LogP contribution in [0.25, 0.3) is 0 Å². The Morgan fingerprint density at radius 1 is 0.760 bits per heavy atom. The van der Waals surface area contributed by atoms with Gasteiger partial charge in [0.1, 0.15) is 0 Å². The van der Waals surface area contributed by atoms with Gasteiger partial charge in [0, 0.05) is 12.1 Å². The van der Waals surface area contributed by atoms with Crippen molar-refractivity contribution in [2.45, 2.75) is 124 Å². The van der Waals surface area contributed by atoms with E-state index in [9.17, 15) is 0 Å². The number of fused-ring (bicyclic) bond motifs is 4. The summed E-state index contributed by atoms with van der Waals surface area (Å²) in [7, 11) is 0. The van der Waals surface area contributed by atoms with Crippen LogP contribution in [0.4, 0.5) is 0 Å². The fraction of sp³-hybridized carbons (Fsp3) is 1.00. The maximum absolute atomic E-state index is 5.82. The quantitative estimate of drug-likeness (QED) is 0.632. The second kappa shape index (κ2) is 7.50. The van der Waals surface area contributed by atoms with Crippen LogP contribution in [0.3, 0.4) is 0 Å². The van der Waals surface area contributed by atoms with Gasteiger partial charge >= 0.3 is 0 Å². The summed E-state index contributed by atoms with van der Waals surface area (Å²) in [6, 6.07) is 1.73. The fourth-order valence-electron chi connectivity index (χ4n) is 5.77. The highest BCUT2D eigenvalue weighted by Gasteiger charge is 2.39. The van der Waals surface area contributed by atoms with Crippen molar-refractivity contribution in [2.24, 2.45) is 22.7 Å². The molecular weight excluding hydrogens is 306 g/mol. The van der Waals surface area contributed by atoms with Gasteiger partial charge in [-0.1, -0.05) is 41.5 Å². The first-order valence-electron chi connectivity index (χ1n) is 11.0. The molecule has 4 atom stereocenters. The van der Waals surface area contributed by atoms with Crippen molar-refractivity contribution >= 4 is 0 Å². The van der Waals surface area contributed by atoms with Gasteiger partial charge in [0.15, 0.2) is 0 Å². The molecule has 4 heterocycles. The topological polar surface area (TPSA) is 21.3 Å². The zero-order valence-electron chi connectivity index (χ0n) is 17.7. The van der Waals surface area contributed by atoms with Crippen LogP contribution in [0, 0.1) is 22.7 Å². The molecule has 0 aromatic carbocycles. The van der Waals surface area contributed by atoms with E-state index in [1.165, 1.54) is 57.8 Å². The largest absolute Gasteiger partial charge is 0.375 e. The highest BCUT2D eigenvalue weighted by Crippen LogP contribution is 2.43. The van der Waals surface area contributed by atoms with Crippen LogP contribution in [0.2, 0.25) is 0 Å². The molecule has 4 unspecified atom stereocenters. The van der Waals surface area contributed by atoms with Gasteiger partial charge in [0.05, 0.1) is 12.2 Å². The van der Waals surface area contributed by atoms with E-state index in [0.29, 0.717) is 23.0 Å². The van der Waals surface area contributed by atoms with Gasteiger partial charge in [-0.05, 0) is 80.5 Å². The predicted octanol–water partition coefficient (Wildman–Crippen LogP) is 5.94.